The average molecular weight is 326 g/mol. The molecule has 0 aromatic heterocycles. The van der Waals surface area contributed by atoms with E-state index in [0.29, 0.717) is 11.1 Å². The molecule has 0 spiro atoms. The summed E-state index contributed by atoms with van der Waals surface area (Å²) in [4.78, 5) is 24.5. The molecule has 2 atom stereocenters. The first-order chi connectivity index (χ1) is 10.3. The Morgan fingerprint density at radius 3 is 2.23 bits per heavy atom. The number of methoxy groups -OCH3 is 2. The molecular weight excluding hydrogens is 300 g/mol. The van der Waals surface area contributed by atoms with Gasteiger partial charge >= 0.3 is 11.9 Å². The van der Waals surface area contributed by atoms with E-state index < -0.39 is 25.9 Å². The van der Waals surface area contributed by atoms with E-state index in [9.17, 15) is 9.59 Å². The molecule has 2 aliphatic rings. The number of hydrogen-bond acceptors (Lipinski definition) is 5. The highest BCUT2D eigenvalue weighted by atomic mass is 28.4. The van der Waals surface area contributed by atoms with Crippen LogP contribution in [-0.2, 0) is 23.5 Å². The number of ether oxygens (including phenoxy) is 2. The monoisotopic (exact) mass is 326 g/mol. The second kappa shape index (κ2) is 6.16. The van der Waals surface area contributed by atoms with Gasteiger partial charge in [0.05, 0.1) is 31.0 Å². The summed E-state index contributed by atoms with van der Waals surface area (Å²) in [6.45, 7) is 6.32. The molecule has 0 radical (unpaired) electrons. The highest BCUT2D eigenvalue weighted by Gasteiger charge is 2.61. The fraction of sp³-hybridized carbons (Fsp3) is 0.750. The van der Waals surface area contributed by atoms with Crippen LogP contribution in [0.3, 0.4) is 0 Å². The van der Waals surface area contributed by atoms with Crippen LogP contribution >= 0.6 is 0 Å². The van der Waals surface area contributed by atoms with Crippen LogP contribution < -0.4 is 0 Å². The van der Waals surface area contributed by atoms with Gasteiger partial charge in [0.1, 0.15) is 0 Å². The minimum atomic E-state index is -1.90. The zero-order chi connectivity index (χ0) is 16.5. The summed E-state index contributed by atoms with van der Waals surface area (Å²) in [5.41, 5.74) is 0.211. The molecule has 6 heteroatoms. The van der Waals surface area contributed by atoms with E-state index in [1.165, 1.54) is 14.2 Å². The van der Waals surface area contributed by atoms with Crippen molar-refractivity contribution in [1.29, 1.82) is 0 Å². The average Bonchev–Trinajstić information content (AvgIpc) is 2.59. The molecule has 2 rings (SSSR count). The SMILES string of the molecule is COC(=O)C1=C(C(=O)OC)[C@@]2(O[Si](C)(C)C)CCCCC[C@@H]12. The van der Waals surface area contributed by atoms with Gasteiger partial charge in [-0.15, -0.1) is 0 Å². The maximum absolute atomic E-state index is 12.3. The summed E-state index contributed by atoms with van der Waals surface area (Å²) >= 11 is 0. The molecular formula is C16H26O5Si. The standard InChI is InChI=1S/C16H26O5Si/c1-19-14(17)12-11-9-7-6-8-10-16(11,21-22(3,4)5)13(12)15(18)20-2/h11H,6-10H2,1-5H3/t11-,16+/m0/s1. The molecule has 1 fully saturated rings. The molecule has 0 aromatic rings. The van der Waals surface area contributed by atoms with Crippen molar-refractivity contribution in [2.75, 3.05) is 14.2 Å². The van der Waals surface area contributed by atoms with Crippen LogP contribution in [0.4, 0.5) is 0 Å². The van der Waals surface area contributed by atoms with Crippen LogP contribution in [0, 0.1) is 5.92 Å². The number of carbonyl (C=O) groups excluding carboxylic acids is 2. The van der Waals surface area contributed by atoms with E-state index in [-0.39, 0.29) is 5.92 Å². The van der Waals surface area contributed by atoms with E-state index in [0.717, 1.165) is 32.1 Å². The topological polar surface area (TPSA) is 61.8 Å². The van der Waals surface area contributed by atoms with Gasteiger partial charge in [-0.05, 0) is 32.5 Å². The Kier molecular flexibility index (Phi) is 4.82. The Morgan fingerprint density at radius 1 is 1.05 bits per heavy atom. The molecule has 5 nitrogen and oxygen atoms in total. The molecule has 2 aliphatic carbocycles. The van der Waals surface area contributed by atoms with Crippen molar-refractivity contribution < 1.29 is 23.5 Å². The van der Waals surface area contributed by atoms with Crippen molar-refractivity contribution in [3.63, 3.8) is 0 Å². The minimum Gasteiger partial charge on any atom is -0.466 e. The van der Waals surface area contributed by atoms with Crippen LogP contribution in [0.15, 0.2) is 11.1 Å². The molecule has 0 N–H and O–H groups in total. The molecule has 1 saturated carbocycles. The zero-order valence-corrected chi connectivity index (χ0v) is 15.2. The number of esters is 2. The number of hydrogen-bond donors (Lipinski definition) is 0. The lowest BCUT2D eigenvalue weighted by Crippen LogP contribution is -2.59. The van der Waals surface area contributed by atoms with E-state index >= 15 is 0 Å². The van der Waals surface area contributed by atoms with Gasteiger partial charge in [0.15, 0.2) is 8.32 Å². The van der Waals surface area contributed by atoms with Gasteiger partial charge in [-0.3, -0.25) is 0 Å². The van der Waals surface area contributed by atoms with Gasteiger partial charge < -0.3 is 13.9 Å². The molecule has 0 heterocycles. The molecule has 0 unspecified atom stereocenters. The normalized spacial score (nSPS) is 28.3. The number of rotatable bonds is 4. The van der Waals surface area contributed by atoms with Gasteiger partial charge in [0.2, 0.25) is 0 Å². The smallest absolute Gasteiger partial charge is 0.337 e. The Bertz CT molecular complexity index is 505. The lowest BCUT2D eigenvalue weighted by Gasteiger charge is -2.52. The van der Waals surface area contributed by atoms with Crippen molar-refractivity contribution in [2.45, 2.75) is 57.3 Å². The highest BCUT2D eigenvalue weighted by Crippen LogP contribution is 2.55. The fourth-order valence-electron chi connectivity index (χ4n) is 3.78. The van der Waals surface area contributed by atoms with E-state index in [1.54, 1.807) is 0 Å². The van der Waals surface area contributed by atoms with Crippen molar-refractivity contribution in [3.8, 4) is 0 Å². The lowest BCUT2D eigenvalue weighted by atomic mass is 9.61. The maximum atomic E-state index is 12.3. The summed E-state index contributed by atoms with van der Waals surface area (Å²) in [5, 5.41) is 0. The third kappa shape index (κ3) is 2.86. The second-order valence-electron chi connectivity index (χ2n) is 7.03. The van der Waals surface area contributed by atoms with E-state index in [2.05, 4.69) is 19.6 Å². The predicted octanol–water partition coefficient (Wildman–Crippen LogP) is 2.81. The van der Waals surface area contributed by atoms with Crippen LogP contribution in [0.5, 0.6) is 0 Å². The first-order valence-corrected chi connectivity index (χ1v) is 11.3. The third-order valence-electron chi connectivity index (χ3n) is 4.43. The van der Waals surface area contributed by atoms with Crippen LogP contribution in [-0.4, -0.2) is 40.1 Å². The second-order valence-corrected chi connectivity index (χ2v) is 11.5. The summed E-state index contributed by atoms with van der Waals surface area (Å²) in [7, 11) is 0.792. The number of fused-ring (bicyclic) bond motifs is 1. The van der Waals surface area contributed by atoms with Gasteiger partial charge in [-0.25, -0.2) is 9.59 Å². The molecule has 124 valence electrons. The fourth-order valence-corrected chi connectivity index (χ4v) is 5.22. The molecule has 0 bridgehead atoms. The molecule has 0 amide bonds. The Hall–Kier alpha value is -1.14. The van der Waals surface area contributed by atoms with Crippen LogP contribution in [0.25, 0.3) is 0 Å². The molecule has 22 heavy (non-hydrogen) atoms. The summed E-state index contributed by atoms with van der Waals surface area (Å²) in [6.07, 6.45) is 4.75. The summed E-state index contributed by atoms with van der Waals surface area (Å²) in [5.74, 6) is -0.942. The Balaban J connectivity index is 2.54. The Labute approximate surface area is 133 Å². The maximum Gasteiger partial charge on any atom is 0.337 e. The van der Waals surface area contributed by atoms with Crippen LogP contribution in [0.1, 0.15) is 32.1 Å². The molecule has 0 saturated heterocycles. The third-order valence-corrected chi connectivity index (χ3v) is 5.40. The number of carbonyl (C=O) groups is 2. The van der Waals surface area contributed by atoms with Crippen molar-refractivity contribution >= 4 is 20.3 Å². The van der Waals surface area contributed by atoms with E-state index in [1.807, 2.05) is 0 Å². The van der Waals surface area contributed by atoms with Gasteiger partial charge in [0, 0.05) is 5.92 Å². The first kappa shape index (κ1) is 17.2. The summed E-state index contributed by atoms with van der Waals surface area (Å²) in [6, 6.07) is 0. The van der Waals surface area contributed by atoms with Crippen LogP contribution in [0.2, 0.25) is 19.6 Å². The van der Waals surface area contributed by atoms with Crippen molar-refractivity contribution in [3.05, 3.63) is 11.1 Å². The Morgan fingerprint density at radius 2 is 1.68 bits per heavy atom. The van der Waals surface area contributed by atoms with E-state index in [4.69, 9.17) is 13.9 Å². The summed E-state index contributed by atoms with van der Waals surface area (Å²) < 4.78 is 16.3. The highest BCUT2D eigenvalue weighted by molar-refractivity contribution is 6.70. The quantitative estimate of drug-likeness (QED) is 0.587. The van der Waals surface area contributed by atoms with Crippen molar-refractivity contribution in [2.24, 2.45) is 5.92 Å². The van der Waals surface area contributed by atoms with Gasteiger partial charge in [-0.1, -0.05) is 19.3 Å². The minimum absolute atomic E-state index is 0.0525. The van der Waals surface area contributed by atoms with Gasteiger partial charge in [-0.2, -0.15) is 0 Å². The largest absolute Gasteiger partial charge is 0.466 e. The predicted molar refractivity (Wildman–Crippen MR) is 84.8 cm³/mol. The first-order valence-electron chi connectivity index (χ1n) is 7.88. The van der Waals surface area contributed by atoms with Crippen molar-refractivity contribution in [1.82, 2.24) is 0 Å². The zero-order valence-electron chi connectivity index (χ0n) is 14.2. The van der Waals surface area contributed by atoms with Gasteiger partial charge in [0.25, 0.3) is 0 Å². The lowest BCUT2D eigenvalue weighted by molar-refractivity contribution is -0.147. The molecule has 0 aromatic carbocycles. The molecule has 0 aliphatic heterocycles.